The summed E-state index contributed by atoms with van der Waals surface area (Å²) < 4.78 is 0. The highest BCUT2D eigenvalue weighted by Crippen LogP contribution is 2.22. The molecule has 0 aliphatic carbocycles. The number of unbranched alkanes of at least 4 members (excludes halogenated alkanes) is 3. The quantitative estimate of drug-likeness (QED) is 0.511. The van der Waals surface area contributed by atoms with Crippen molar-refractivity contribution < 1.29 is 10.5 Å². The molecule has 158 valence electrons. The number of benzene rings is 2. The molecular formula is C23H28ClN4O2+. The van der Waals surface area contributed by atoms with Gasteiger partial charge in [0.25, 0.3) is 11.5 Å². The molecule has 6 nitrogen and oxygen atoms in total. The van der Waals surface area contributed by atoms with E-state index in [2.05, 4.69) is 15.7 Å². The molecule has 0 aliphatic heterocycles. The fraction of sp³-hybridized carbons (Fsp3) is 0.348. The monoisotopic (exact) mass is 427 g/mol. The maximum Gasteiger partial charge on any atom is 0.258 e. The summed E-state index contributed by atoms with van der Waals surface area (Å²) in [5, 5.41) is 1.05. The molecule has 1 amide bonds. The van der Waals surface area contributed by atoms with Crippen LogP contribution in [-0.2, 0) is 0 Å². The number of para-hydroxylation sites is 1. The number of H-pyrrole nitrogens is 1. The van der Waals surface area contributed by atoms with Crippen molar-refractivity contribution in [1.29, 1.82) is 0 Å². The highest BCUT2D eigenvalue weighted by molar-refractivity contribution is 6.30. The molecule has 0 saturated carbocycles. The van der Waals surface area contributed by atoms with Gasteiger partial charge in [-0.05, 0) is 56.5 Å². The Morgan fingerprint density at radius 2 is 1.90 bits per heavy atom. The average molecular weight is 428 g/mol. The summed E-state index contributed by atoms with van der Waals surface area (Å²) in [6.45, 7) is 3.38. The molecule has 0 fully saturated rings. The molecule has 0 unspecified atom stereocenters. The minimum Gasteiger partial charge on any atom is -0.358 e. The molecular weight excluding hydrogens is 400 g/mol. The van der Waals surface area contributed by atoms with Crippen LogP contribution in [0.2, 0.25) is 5.02 Å². The van der Waals surface area contributed by atoms with Crippen LogP contribution in [0.4, 0.5) is 0 Å². The fourth-order valence-electron chi connectivity index (χ4n) is 3.52. The number of hydrogen-bond donors (Lipinski definition) is 2. The largest absolute Gasteiger partial charge is 0.358 e. The number of aromatic nitrogens is 2. The van der Waals surface area contributed by atoms with Gasteiger partial charge in [-0.3, -0.25) is 9.59 Å². The third-order valence-electron chi connectivity index (χ3n) is 5.23. The van der Waals surface area contributed by atoms with E-state index in [4.69, 9.17) is 11.6 Å². The zero-order valence-electron chi connectivity index (χ0n) is 17.2. The summed E-state index contributed by atoms with van der Waals surface area (Å²) >= 11 is 6.10. The van der Waals surface area contributed by atoms with E-state index in [1.54, 1.807) is 35.2 Å². The molecule has 0 spiro atoms. The number of halogens is 1. The van der Waals surface area contributed by atoms with Crippen LogP contribution in [0.25, 0.3) is 10.9 Å². The molecule has 7 heteroatoms. The summed E-state index contributed by atoms with van der Waals surface area (Å²) in [5.74, 6) is 0.352. The van der Waals surface area contributed by atoms with Gasteiger partial charge in [0.05, 0.1) is 23.5 Å². The first kappa shape index (κ1) is 22.0. The van der Waals surface area contributed by atoms with E-state index < -0.39 is 0 Å². The minimum atomic E-state index is -0.387. The highest BCUT2D eigenvalue weighted by Gasteiger charge is 2.25. The SMILES string of the molecule is C[C@@H](c1nc2ccccc2c(=O)[nH]1)N(CCCCCC[NH3+])C(=O)c1cccc(Cl)c1. The van der Waals surface area contributed by atoms with Crippen LogP contribution in [0, 0.1) is 0 Å². The molecule has 1 heterocycles. The van der Waals surface area contributed by atoms with Crippen molar-refractivity contribution in [2.75, 3.05) is 13.1 Å². The fourth-order valence-corrected chi connectivity index (χ4v) is 3.71. The van der Waals surface area contributed by atoms with Crippen LogP contribution >= 0.6 is 11.6 Å². The predicted octanol–water partition coefficient (Wildman–Crippen LogP) is 3.58. The van der Waals surface area contributed by atoms with Gasteiger partial charge in [-0.15, -0.1) is 0 Å². The molecule has 1 atom stereocenters. The lowest BCUT2D eigenvalue weighted by Crippen LogP contribution is -2.50. The number of carbonyl (C=O) groups is 1. The van der Waals surface area contributed by atoms with E-state index in [0.717, 1.165) is 32.2 Å². The second-order valence-corrected chi connectivity index (χ2v) is 7.86. The number of aromatic amines is 1. The third-order valence-corrected chi connectivity index (χ3v) is 5.46. The highest BCUT2D eigenvalue weighted by atomic mass is 35.5. The molecule has 0 radical (unpaired) electrons. The number of carbonyl (C=O) groups excluding carboxylic acids is 1. The molecule has 1 aromatic heterocycles. The second-order valence-electron chi connectivity index (χ2n) is 7.42. The van der Waals surface area contributed by atoms with Gasteiger partial charge in [0, 0.05) is 17.1 Å². The lowest BCUT2D eigenvalue weighted by molar-refractivity contribution is -0.368. The van der Waals surface area contributed by atoms with Crippen molar-refractivity contribution in [3.63, 3.8) is 0 Å². The van der Waals surface area contributed by atoms with E-state index >= 15 is 0 Å². The first-order valence-corrected chi connectivity index (χ1v) is 10.7. The summed E-state index contributed by atoms with van der Waals surface area (Å²) in [7, 11) is 0. The molecule has 0 bridgehead atoms. The Kier molecular flexibility index (Phi) is 7.60. The lowest BCUT2D eigenvalue weighted by Gasteiger charge is -2.29. The van der Waals surface area contributed by atoms with Gasteiger partial charge in [0.2, 0.25) is 0 Å². The normalized spacial score (nSPS) is 12.1. The maximum absolute atomic E-state index is 13.3. The minimum absolute atomic E-state index is 0.127. The van der Waals surface area contributed by atoms with Crippen LogP contribution in [0.1, 0.15) is 54.8 Å². The second kappa shape index (κ2) is 10.4. The lowest BCUT2D eigenvalue weighted by atomic mass is 10.1. The van der Waals surface area contributed by atoms with Crippen molar-refractivity contribution in [2.45, 2.75) is 38.6 Å². The smallest absolute Gasteiger partial charge is 0.258 e. The van der Waals surface area contributed by atoms with Crippen molar-refractivity contribution in [3.05, 3.63) is 75.3 Å². The topological polar surface area (TPSA) is 93.7 Å². The van der Waals surface area contributed by atoms with Crippen LogP contribution in [0.5, 0.6) is 0 Å². The zero-order chi connectivity index (χ0) is 21.5. The Balaban J connectivity index is 1.90. The molecule has 30 heavy (non-hydrogen) atoms. The van der Waals surface area contributed by atoms with E-state index in [0.29, 0.717) is 33.9 Å². The summed E-state index contributed by atoms with van der Waals surface area (Å²) in [6.07, 6.45) is 4.05. The summed E-state index contributed by atoms with van der Waals surface area (Å²) in [4.78, 5) is 35.1. The van der Waals surface area contributed by atoms with Gasteiger partial charge in [0.1, 0.15) is 5.82 Å². The van der Waals surface area contributed by atoms with Crippen molar-refractivity contribution in [2.24, 2.45) is 0 Å². The number of nitrogens with one attached hydrogen (secondary N) is 1. The Morgan fingerprint density at radius 3 is 2.67 bits per heavy atom. The van der Waals surface area contributed by atoms with Crippen LogP contribution in [0.15, 0.2) is 53.3 Å². The molecule has 0 saturated heterocycles. The summed E-state index contributed by atoms with van der Waals surface area (Å²) in [6, 6.07) is 13.8. The first-order valence-electron chi connectivity index (χ1n) is 10.4. The number of quaternary nitrogens is 1. The van der Waals surface area contributed by atoms with Crippen LogP contribution in [-0.4, -0.2) is 33.9 Å². The molecule has 4 N–H and O–H groups in total. The number of nitrogens with zero attached hydrogens (tertiary/aromatic N) is 2. The molecule has 3 rings (SSSR count). The molecule has 0 aliphatic rings. The van der Waals surface area contributed by atoms with Gasteiger partial charge in [-0.1, -0.05) is 36.2 Å². The van der Waals surface area contributed by atoms with Crippen LogP contribution < -0.4 is 11.3 Å². The van der Waals surface area contributed by atoms with Crippen molar-refractivity contribution in [3.8, 4) is 0 Å². The maximum atomic E-state index is 13.3. The summed E-state index contributed by atoms with van der Waals surface area (Å²) in [5.41, 5.74) is 4.82. The Bertz CT molecular complexity index is 1070. The van der Waals surface area contributed by atoms with Gasteiger partial charge in [0.15, 0.2) is 0 Å². The van der Waals surface area contributed by atoms with Crippen molar-refractivity contribution >= 4 is 28.4 Å². The Morgan fingerprint density at radius 1 is 1.13 bits per heavy atom. The van der Waals surface area contributed by atoms with Gasteiger partial charge < -0.3 is 15.6 Å². The average Bonchev–Trinajstić information content (AvgIpc) is 2.75. The van der Waals surface area contributed by atoms with E-state index in [9.17, 15) is 9.59 Å². The Labute approximate surface area is 181 Å². The van der Waals surface area contributed by atoms with E-state index in [-0.39, 0.29) is 17.5 Å². The molecule has 3 aromatic rings. The number of hydrogen-bond acceptors (Lipinski definition) is 3. The number of rotatable bonds is 9. The standard InChI is InChI=1S/C23H27ClN4O2/c1-16(21-26-20-12-5-4-11-19(20)22(29)27-21)28(14-7-3-2-6-13-25)23(30)17-9-8-10-18(24)15-17/h4-5,8-12,15-16H,2-3,6-7,13-14,25H2,1H3,(H,26,27,29)/p+1/t16-/m0/s1. The van der Waals surface area contributed by atoms with Gasteiger partial charge in [-0.25, -0.2) is 4.98 Å². The third kappa shape index (κ3) is 5.26. The molecule has 2 aromatic carbocycles. The van der Waals surface area contributed by atoms with E-state index in [1.807, 2.05) is 25.1 Å². The predicted molar refractivity (Wildman–Crippen MR) is 119 cm³/mol. The van der Waals surface area contributed by atoms with Gasteiger partial charge in [-0.2, -0.15) is 0 Å². The van der Waals surface area contributed by atoms with Crippen molar-refractivity contribution in [1.82, 2.24) is 14.9 Å². The van der Waals surface area contributed by atoms with E-state index in [1.165, 1.54) is 0 Å². The first-order chi connectivity index (χ1) is 14.5. The number of amides is 1. The zero-order valence-corrected chi connectivity index (χ0v) is 18.0. The van der Waals surface area contributed by atoms with Gasteiger partial charge >= 0.3 is 0 Å². The van der Waals surface area contributed by atoms with Crippen LogP contribution in [0.3, 0.4) is 0 Å². The number of fused-ring (bicyclic) bond motifs is 1. The Hall–Kier alpha value is -2.70.